The van der Waals surface area contributed by atoms with Gasteiger partial charge in [-0.25, -0.2) is 0 Å². The van der Waals surface area contributed by atoms with Crippen molar-refractivity contribution in [3.63, 3.8) is 0 Å². The lowest BCUT2D eigenvalue weighted by atomic mass is 10.1. The van der Waals surface area contributed by atoms with E-state index in [2.05, 4.69) is 10.6 Å². The summed E-state index contributed by atoms with van der Waals surface area (Å²) in [5, 5.41) is 15.3. The van der Waals surface area contributed by atoms with Gasteiger partial charge in [-0.1, -0.05) is 31.2 Å². The Hall–Kier alpha value is -1.88. The molecule has 2 rings (SSSR count). The van der Waals surface area contributed by atoms with Crippen LogP contribution in [0.2, 0.25) is 0 Å². The summed E-state index contributed by atoms with van der Waals surface area (Å²) in [6.07, 6.45) is 0.285. The Morgan fingerprint density at radius 3 is 2.79 bits per heavy atom. The highest BCUT2D eigenvalue weighted by Crippen LogP contribution is 2.30. The third-order valence-corrected chi connectivity index (χ3v) is 3.29. The van der Waals surface area contributed by atoms with Crippen LogP contribution in [0.3, 0.4) is 0 Å². The SMILES string of the molecule is CCC(=O)NCC(=O)NC1c2ccccc2CC1O. The average Bonchev–Trinajstić information content (AvgIpc) is 2.72. The Bertz CT molecular complexity index is 487. The van der Waals surface area contributed by atoms with Crippen LogP contribution in [0, 0.1) is 0 Å². The summed E-state index contributed by atoms with van der Waals surface area (Å²) < 4.78 is 0. The number of hydrogen-bond acceptors (Lipinski definition) is 3. The van der Waals surface area contributed by atoms with Crippen molar-refractivity contribution in [1.82, 2.24) is 10.6 Å². The molecular weight excluding hydrogens is 244 g/mol. The van der Waals surface area contributed by atoms with E-state index >= 15 is 0 Å². The number of hydrogen-bond donors (Lipinski definition) is 3. The molecule has 2 amide bonds. The van der Waals surface area contributed by atoms with Gasteiger partial charge in [-0.05, 0) is 11.1 Å². The summed E-state index contributed by atoms with van der Waals surface area (Å²) in [6.45, 7) is 1.67. The average molecular weight is 262 g/mol. The third-order valence-electron chi connectivity index (χ3n) is 3.29. The van der Waals surface area contributed by atoms with Crippen molar-refractivity contribution >= 4 is 11.8 Å². The van der Waals surface area contributed by atoms with Crippen LogP contribution >= 0.6 is 0 Å². The summed E-state index contributed by atoms with van der Waals surface area (Å²) in [5.41, 5.74) is 2.00. The van der Waals surface area contributed by atoms with E-state index in [1.54, 1.807) is 6.92 Å². The van der Waals surface area contributed by atoms with Crippen LogP contribution < -0.4 is 10.6 Å². The van der Waals surface area contributed by atoms with E-state index in [0.29, 0.717) is 12.8 Å². The van der Waals surface area contributed by atoms with E-state index in [0.717, 1.165) is 11.1 Å². The van der Waals surface area contributed by atoms with E-state index in [1.807, 2.05) is 24.3 Å². The van der Waals surface area contributed by atoms with Crippen LogP contribution in [0.5, 0.6) is 0 Å². The van der Waals surface area contributed by atoms with Crippen molar-refractivity contribution in [2.45, 2.75) is 31.9 Å². The topological polar surface area (TPSA) is 78.4 Å². The Morgan fingerprint density at radius 2 is 2.05 bits per heavy atom. The van der Waals surface area contributed by atoms with Gasteiger partial charge in [0.1, 0.15) is 0 Å². The van der Waals surface area contributed by atoms with Gasteiger partial charge in [-0.3, -0.25) is 9.59 Å². The number of amides is 2. The molecule has 0 heterocycles. The third kappa shape index (κ3) is 3.12. The smallest absolute Gasteiger partial charge is 0.239 e. The lowest BCUT2D eigenvalue weighted by Crippen LogP contribution is -2.40. The highest BCUT2D eigenvalue weighted by Gasteiger charge is 2.31. The van der Waals surface area contributed by atoms with Gasteiger partial charge in [0.15, 0.2) is 0 Å². The number of rotatable bonds is 4. The Morgan fingerprint density at radius 1 is 1.32 bits per heavy atom. The molecule has 102 valence electrons. The molecule has 0 fully saturated rings. The molecular formula is C14H18N2O3. The summed E-state index contributed by atoms with van der Waals surface area (Å²) in [7, 11) is 0. The molecule has 0 saturated heterocycles. The summed E-state index contributed by atoms with van der Waals surface area (Å²) >= 11 is 0. The molecule has 0 spiro atoms. The van der Waals surface area contributed by atoms with Crippen molar-refractivity contribution < 1.29 is 14.7 Å². The molecule has 19 heavy (non-hydrogen) atoms. The van der Waals surface area contributed by atoms with Crippen LogP contribution in [-0.2, 0) is 16.0 Å². The minimum absolute atomic E-state index is 0.0575. The first-order valence-electron chi connectivity index (χ1n) is 6.43. The molecule has 1 aromatic rings. The standard InChI is InChI=1S/C14H18N2O3/c1-2-12(18)15-8-13(19)16-14-10-6-4-3-5-9(10)7-11(14)17/h3-6,11,14,17H,2,7-8H2,1H3,(H,15,18)(H,16,19). The monoisotopic (exact) mass is 262 g/mol. The molecule has 5 nitrogen and oxygen atoms in total. The largest absolute Gasteiger partial charge is 0.390 e. The second-order valence-corrected chi connectivity index (χ2v) is 4.65. The predicted molar refractivity (Wildman–Crippen MR) is 70.3 cm³/mol. The molecule has 0 saturated carbocycles. The van der Waals surface area contributed by atoms with E-state index in [4.69, 9.17) is 0 Å². The number of benzene rings is 1. The molecule has 0 bridgehead atoms. The zero-order valence-corrected chi connectivity index (χ0v) is 10.8. The molecule has 0 aliphatic heterocycles. The molecule has 2 unspecified atom stereocenters. The fourth-order valence-electron chi connectivity index (χ4n) is 2.28. The van der Waals surface area contributed by atoms with Gasteiger partial charge in [0.2, 0.25) is 11.8 Å². The lowest BCUT2D eigenvalue weighted by Gasteiger charge is -2.18. The summed E-state index contributed by atoms with van der Waals surface area (Å²) in [4.78, 5) is 22.8. The van der Waals surface area contributed by atoms with Gasteiger partial charge >= 0.3 is 0 Å². The van der Waals surface area contributed by atoms with Crippen molar-refractivity contribution in [3.8, 4) is 0 Å². The highest BCUT2D eigenvalue weighted by atomic mass is 16.3. The predicted octanol–water partition coefficient (Wildman–Crippen LogP) is 0.287. The minimum Gasteiger partial charge on any atom is -0.390 e. The normalized spacial score (nSPS) is 20.7. The molecule has 0 radical (unpaired) electrons. The lowest BCUT2D eigenvalue weighted by molar-refractivity contribution is -0.126. The van der Waals surface area contributed by atoms with Crippen LogP contribution in [-0.4, -0.2) is 29.6 Å². The van der Waals surface area contributed by atoms with Crippen molar-refractivity contribution in [2.24, 2.45) is 0 Å². The molecule has 1 aliphatic carbocycles. The van der Waals surface area contributed by atoms with Crippen molar-refractivity contribution in [3.05, 3.63) is 35.4 Å². The van der Waals surface area contributed by atoms with Crippen LogP contribution in [0.25, 0.3) is 0 Å². The molecule has 1 aliphatic rings. The first-order chi connectivity index (χ1) is 9.11. The van der Waals surface area contributed by atoms with E-state index < -0.39 is 6.10 Å². The van der Waals surface area contributed by atoms with Gasteiger partial charge in [-0.15, -0.1) is 0 Å². The number of nitrogens with one attached hydrogen (secondary N) is 2. The molecule has 1 aromatic carbocycles. The zero-order valence-electron chi connectivity index (χ0n) is 10.8. The summed E-state index contributed by atoms with van der Waals surface area (Å²) in [5.74, 6) is -0.454. The molecule has 3 N–H and O–H groups in total. The molecule has 5 heteroatoms. The van der Waals surface area contributed by atoms with Crippen LogP contribution in [0.15, 0.2) is 24.3 Å². The Labute approximate surface area is 112 Å². The quantitative estimate of drug-likeness (QED) is 0.729. The summed E-state index contributed by atoms with van der Waals surface area (Å²) in [6, 6.07) is 7.26. The highest BCUT2D eigenvalue weighted by molar-refractivity contribution is 5.84. The number of carbonyl (C=O) groups is 2. The van der Waals surface area contributed by atoms with Gasteiger partial charge in [0.05, 0.1) is 18.7 Å². The number of carbonyl (C=O) groups excluding carboxylic acids is 2. The molecule has 2 atom stereocenters. The number of aliphatic hydroxyl groups is 1. The zero-order chi connectivity index (χ0) is 13.8. The first-order valence-corrected chi connectivity index (χ1v) is 6.43. The van der Waals surface area contributed by atoms with E-state index in [-0.39, 0.29) is 24.4 Å². The second kappa shape index (κ2) is 5.84. The second-order valence-electron chi connectivity index (χ2n) is 4.65. The Kier molecular flexibility index (Phi) is 4.16. The number of fused-ring (bicyclic) bond motifs is 1. The minimum atomic E-state index is -0.608. The maximum atomic E-state index is 11.7. The maximum absolute atomic E-state index is 11.7. The van der Waals surface area contributed by atoms with Crippen LogP contribution in [0.1, 0.15) is 30.5 Å². The van der Waals surface area contributed by atoms with E-state index in [1.165, 1.54) is 0 Å². The fourth-order valence-corrected chi connectivity index (χ4v) is 2.28. The maximum Gasteiger partial charge on any atom is 0.239 e. The van der Waals surface area contributed by atoms with Gasteiger partial charge in [0, 0.05) is 12.8 Å². The van der Waals surface area contributed by atoms with Crippen molar-refractivity contribution in [1.29, 1.82) is 0 Å². The van der Waals surface area contributed by atoms with Crippen LogP contribution in [0.4, 0.5) is 0 Å². The number of aliphatic hydroxyl groups excluding tert-OH is 1. The Balaban J connectivity index is 1.96. The van der Waals surface area contributed by atoms with E-state index in [9.17, 15) is 14.7 Å². The fraction of sp³-hybridized carbons (Fsp3) is 0.429. The van der Waals surface area contributed by atoms with Crippen molar-refractivity contribution in [2.75, 3.05) is 6.54 Å². The first kappa shape index (κ1) is 13.5. The van der Waals surface area contributed by atoms with Gasteiger partial charge in [-0.2, -0.15) is 0 Å². The van der Waals surface area contributed by atoms with Gasteiger partial charge < -0.3 is 15.7 Å². The van der Waals surface area contributed by atoms with Gasteiger partial charge in [0.25, 0.3) is 0 Å². The molecule has 0 aromatic heterocycles.